The zero-order valence-electron chi connectivity index (χ0n) is 13.3. The number of aryl methyl sites for hydroxylation is 1. The number of carbonyl (C=O) groups is 1. The van der Waals surface area contributed by atoms with Crippen molar-refractivity contribution < 1.29 is 9.18 Å². The molecule has 1 aliphatic rings. The second kappa shape index (κ2) is 6.50. The number of amides is 1. The SMILES string of the molecule is Cc1cnn(-c2ccc([C@@H](C)NC(=O)[C@@H]3CCCN3)cc2F)c1. The Labute approximate surface area is 134 Å². The van der Waals surface area contributed by atoms with E-state index in [4.69, 9.17) is 0 Å². The second-order valence-corrected chi connectivity index (χ2v) is 6.05. The molecule has 2 heterocycles. The van der Waals surface area contributed by atoms with Gasteiger partial charge in [0.25, 0.3) is 0 Å². The Morgan fingerprint density at radius 3 is 2.96 bits per heavy atom. The van der Waals surface area contributed by atoms with E-state index in [0.29, 0.717) is 5.69 Å². The average Bonchev–Trinajstić information content (AvgIpc) is 3.18. The molecule has 5 nitrogen and oxygen atoms in total. The summed E-state index contributed by atoms with van der Waals surface area (Å²) in [6.07, 6.45) is 5.32. The Bertz CT molecular complexity index is 706. The van der Waals surface area contributed by atoms with Gasteiger partial charge in [0.05, 0.1) is 18.3 Å². The first-order chi connectivity index (χ1) is 11.0. The van der Waals surface area contributed by atoms with Crippen molar-refractivity contribution >= 4 is 5.91 Å². The Hall–Kier alpha value is -2.21. The maximum atomic E-state index is 14.4. The summed E-state index contributed by atoms with van der Waals surface area (Å²) < 4.78 is 15.9. The first kappa shape index (κ1) is 15.7. The smallest absolute Gasteiger partial charge is 0.237 e. The summed E-state index contributed by atoms with van der Waals surface area (Å²) in [6.45, 7) is 4.64. The minimum Gasteiger partial charge on any atom is -0.348 e. The monoisotopic (exact) mass is 316 g/mol. The van der Waals surface area contributed by atoms with Crippen molar-refractivity contribution in [3.8, 4) is 5.69 Å². The number of nitrogens with one attached hydrogen (secondary N) is 2. The van der Waals surface area contributed by atoms with Crippen LogP contribution >= 0.6 is 0 Å². The molecular formula is C17H21FN4O. The van der Waals surface area contributed by atoms with Crippen molar-refractivity contribution in [1.29, 1.82) is 0 Å². The number of nitrogens with zero attached hydrogens (tertiary/aromatic N) is 2. The Morgan fingerprint density at radius 1 is 1.52 bits per heavy atom. The number of benzene rings is 1. The van der Waals surface area contributed by atoms with Crippen molar-refractivity contribution in [2.75, 3.05) is 6.54 Å². The van der Waals surface area contributed by atoms with Crippen molar-refractivity contribution in [2.45, 2.75) is 38.8 Å². The van der Waals surface area contributed by atoms with Crippen LogP contribution in [0.5, 0.6) is 0 Å². The first-order valence-electron chi connectivity index (χ1n) is 7.89. The molecule has 2 aromatic rings. The molecule has 0 bridgehead atoms. The molecular weight excluding hydrogens is 295 g/mol. The van der Waals surface area contributed by atoms with Gasteiger partial charge in [-0.05, 0) is 56.5 Å². The zero-order valence-corrected chi connectivity index (χ0v) is 13.3. The molecule has 1 saturated heterocycles. The van der Waals surface area contributed by atoms with Crippen LogP contribution in [0.2, 0.25) is 0 Å². The Morgan fingerprint density at radius 2 is 2.35 bits per heavy atom. The highest BCUT2D eigenvalue weighted by atomic mass is 19.1. The third-order valence-corrected chi connectivity index (χ3v) is 4.17. The highest BCUT2D eigenvalue weighted by molar-refractivity contribution is 5.82. The summed E-state index contributed by atoms with van der Waals surface area (Å²) in [7, 11) is 0. The fourth-order valence-corrected chi connectivity index (χ4v) is 2.83. The van der Waals surface area contributed by atoms with E-state index in [0.717, 1.165) is 30.5 Å². The van der Waals surface area contributed by atoms with Crippen LogP contribution in [0.15, 0.2) is 30.6 Å². The quantitative estimate of drug-likeness (QED) is 0.909. The van der Waals surface area contributed by atoms with Crippen LogP contribution in [-0.2, 0) is 4.79 Å². The molecule has 0 aliphatic carbocycles. The van der Waals surface area contributed by atoms with Gasteiger partial charge in [0.2, 0.25) is 5.91 Å². The maximum Gasteiger partial charge on any atom is 0.237 e. The predicted octanol–water partition coefficient (Wildman–Crippen LogP) is 2.25. The van der Waals surface area contributed by atoms with Crippen LogP contribution in [0.1, 0.15) is 36.9 Å². The number of aromatic nitrogens is 2. The number of hydrogen-bond acceptors (Lipinski definition) is 3. The van der Waals surface area contributed by atoms with Crippen LogP contribution in [0.4, 0.5) is 4.39 Å². The fraction of sp³-hybridized carbons (Fsp3) is 0.412. The van der Waals surface area contributed by atoms with Crippen molar-refractivity contribution in [1.82, 2.24) is 20.4 Å². The summed E-state index contributed by atoms with van der Waals surface area (Å²) in [4.78, 5) is 12.1. The van der Waals surface area contributed by atoms with E-state index < -0.39 is 0 Å². The van der Waals surface area contributed by atoms with E-state index in [1.54, 1.807) is 18.5 Å². The third kappa shape index (κ3) is 3.42. The maximum absolute atomic E-state index is 14.4. The number of rotatable bonds is 4. The second-order valence-electron chi connectivity index (χ2n) is 6.05. The summed E-state index contributed by atoms with van der Waals surface area (Å²) in [6, 6.07) is 4.59. The van der Waals surface area contributed by atoms with E-state index in [-0.39, 0.29) is 23.8 Å². The summed E-state index contributed by atoms with van der Waals surface area (Å²) in [5.41, 5.74) is 2.11. The number of hydrogen-bond donors (Lipinski definition) is 2. The van der Waals surface area contributed by atoms with Crippen molar-refractivity contribution in [2.24, 2.45) is 0 Å². The number of halogens is 1. The topological polar surface area (TPSA) is 59.0 Å². The highest BCUT2D eigenvalue weighted by Gasteiger charge is 2.23. The van der Waals surface area contributed by atoms with E-state index in [9.17, 15) is 9.18 Å². The highest BCUT2D eigenvalue weighted by Crippen LogP contribution is 2.20. The van der Waals surface area contributed by atoms with E-state index in [1.165, 1.54) is 10.7 Å². The summed E-state index contributed by atoms with van der Waals surface area (Å²) in [5.74, 6) is -0.382. The van der Waals surface area contributed by atoms with Gasteiger partial charge in [-0.1, -0.05) is 6.07 Å². The molecule has 23 heavy (non-hydrogen) atoms. The number of carbonyl (C=O) groups excluding carboxylic acids is 1. The Kier molecular flexibility index (Phi) is 4.43. The normalized spacial score (nSPS) is 18.8. The average molecular weight is 316 g/mol. The molecule has 0 unspecified atom stereocenters. The fourth-order valence-electron chi connectivity index (χ4n) is 2.83. The lowest BCUT2D eigenvalue weighted by molar-refractivity contribution is -0.123. The minimum atomic E-state index is -0.356. The van der Waals surface area contributed by atoms with Crippen LogP contribution < -0.4 is 10.6 Å². The van der Waals surface area contributed by atoms with Gasteiger partial charge in [-0.15, -0.1) is 0 Å². The molecule has 1 fully saturated rings. The van der Waals surface area contributed by atoms with Gasteiger partial charge in [-0.2, -0.15) is 5.10 Å². The van der Waals surface area contributed by atoms with E-state index in [2.05, 4.69) is 15.7 Å². The van der Waals surface area contributed by atoms with Crippen LogP contribution in [-0.4, -0.2) is 28.3 Å². The molecule has 1 aromatic carbocycles. The lowest BCUT2D eigenvalue weighted by Gasteiger charge is -2.18. The molecule has 6 heteroatoms. The molecule has 1 aromatic heterocycles. The molecule has 0 saturated carbocycles. The standard InChI is InChI=1S/C17H21FN4O/c1-11-9-20-22(10-11)16-6-5-13(8-14(16)18)12(2)21-17(23)15-4-3-7-19-15/h5-6,8-10,12,15,19H,3-4,7H2,1-2H3,(H,21,23)/t12-,15+/m1/s1. The van der Waals surface area contributed by atoms with Gasteiger partial charge >= 0.3 is 0 Å². The molecule has 0 spiro atoms. The van der Waals surface area contributed by atoms with Crippen molar-refractivity contribution in [3.05, 3.63) is 47.5 Å². The van der Waals surface area contributed by atoms with Gasteiger partial charge in [0.1, 0.15) is 11.5 Å². The first-order valence-corrected chi connectivity index (χ1v) is 7.89. The van der Waals surface area contributed by atoms with Gasteiger partial charge in [0, 0.05) is 6.20 Å². The van der Waals surface area contributed by atoms with Crippen LogP contribution in [0.25, 0.3) is 5.69 Å². The van der Waals surface area contributed by atoms with Gasteiger partial charge < -0.3 is 10.6 Å². The Balaban J connectivity index is 1.72. The van der Waals surface area contributed by atoms with E-state index in [1.807, 2.05) is 19.9 Å². The van der Waals surface area contributed by atoms with Gasteiger partial charge in [0.15, 0.2) is 0 Å². The molecule has 0 radical (unpaired) electrons. The van der Waals surface area contributed by atoms with Crippen molar-refractivity contribution in [3.63, 3.8) is 0 Å². The molecule has 122 valence electrons. The lowest BCUT2D eigenvalue weighted by Crippen LogP contribution is -2.41. The molecule has 1 amide bonds. The minimum absolute atomic E-state index is 0.0258. The molecule has 2 N–H and O–H groups in total. The molecule has 1 aliphatic heterocycles. The molecule has 3 rings (SSSR count). The van der Waals surface area contributed by atoms with Crippen LogP contribution in [0.3, 0.4) is 0 Å². The summed E-state index contributed by atoms with van der Waals surface area (Å²) >= 11 is 0. The van der Waals surface area contributed by atoms with E-state index >= 15 is 0 Å². The van der Waals surface area contributed by atoms with Gasteiger partial charge in [-0.25, -0.2) is 9.07 Å². The largest absolute Gasteiger partial charge is 0.348 e. The molecule has 2 atom stereocenters. The third-order valence-electron chi connectivity index (χ3n) is 4.17. The lowest BCUT2D eigenvalue weighted by atomic mass is 10.1. The van der Waals surface area contributed by atoms with Crippen LogP contribution in [0, 0.1) is 12.7 Å². The summed E-state index contributed by atoms with van der Waals surface area (Å²) in [5, 5.41) is 10.2. The van der Waals surface area contributed by atoms with Gasteiger partial charge in [-0.3, -0.25) is 4.79 Å². The predicted molar refractivity (Wildman–Crippen MR) is 85.8 cm³/mol. The zero-order chi connectivity index (χ0) is 16.4.